The molecule has 29 heavy (non-hydrogen) atoms. The maximum atomic E-state index is 12.6. The molecule has 0 unspecified atom stereocenters. The number of nitro benzene ring substituents is 1. The van der Waals surface area contributed by atoms with Crippen LogP contribution in [-0.4, -0.2) is 49.4 Å². The molecule has 0 saturated heterocycles. The number of benzene rings is 2. The Balaban J connectivity index is 1.70. The van der Waals surface area contributed by atoms with Gasteiger partial charge in [-0.1, -0.05) is 0 Å². The Morgan fingerprint density at radius 3 is 2.45 bits per heavy atom. The van der Waals surface area contributed by atoms with E-state index < -0.39 is 4.92 Å². The van der Waals surface area contributed by atoms with Crippen LogP contribution in [-0.2, 0) is 17.8 Å². The quantitative estimate of drug-likeness (QED) is 0.399. The molecule has 9 heteroatoms. The van der Waals surface area contributed by atoms with E-state index in [1.807, 2.05) is 12.1 Å². The summed E-state index contributed by atoms with van der Waals surface area (Å²) in [6, 6.07) is 7.58. The number of amides is 1. The summed E-state index contributed by atoms with van der Waals surface area (Å²) in [4.78, 5) is 35.5. The summed E-state index contributed by atoms with van der Waals surface area (Å²) in [5.74, 6) is 0.875. The van der Waals surface area contributed by atoms with Crippen LogP contribution in [0.4, 0.5) is 5.69 Å². The van der Waals surface area contributed by atoms with Crippen molar-refractivity contribution in [1.29, 1.82) is 0 Å². The lowest BCUT2D eigenvalue weighted by Crippen LogP contribution is -2.38. The van der Waals surface area contributed by atoms with Crippen LogP contribution in [0.2, 0.25) is 0 Å². The minimum atomic E-state index is -0.649. The van der Waals surface area contributed by atoms with Crippen LogP contribution in [0, 0.1) is 10.1 Å². The maximum Gasteiger partial charge on any atom is 0.311 e. The van der Waals surface area contributed by atoms with Crippen LogP contribution in [0.1, 0.15) is 21.5 Å². The highest BCUT2D eigenvalue weighted by Gasteiger charge is 2.24. The third-order valence-corrected chi connectivity index (χ3v) is 4.74. The molecular weight excluding hydrogens is 380 g/mol. The highest BCUT2D eigenvalue weighted by Crippen LogP contribution is 2.33. The molecule has 2 aromatic carbocycles. The van der Waals surface area contributed by atoms with Gasteiger partial charge in [0.1, 0.15) is 6.29 Å². The Kier molecular flexibility index (Phi) is 5.96. The third-order valence-electron chi connectivity index (χ3n) is 4.74. The molecule has 0 fully saturated rings. The number of aldehydes is 1. The Morgan fingerprint density at radius 2 is 1.83 bits per heavy atom. The van der Waals surface area contributed by atoms with Gasteiger partial charge < -0.3 is 19.1 Å². The van der Waals surface area contributed by atoms with E-state index in [4.69, 9.17) is 14.2 Å². The molecule has 2 aromatic rings. The van der Waals surface area contributed by atoms with Gasteiger partial charge in [-0.25, -0.2) is 0 Å². The van der Waals surface area contributed by atoms with Gasteiger partial charge in [-0.15, -0.1) is 0 Å². The van der Waals surface area contributed by atoms with Crippen LogP contribution in [0.3, 0.4) is 0 Å². The van der Waals surface area contributed by atoms with Gasteiger partial charge in [0, 0.05) is 24.7 Å². The number of fused-ring (bicyclic) bond motifs is 1. The Hall–Kier alpha value is -3.62. The van der Waals surface area contributed by atoms with Gasteiger partial charge in [0.15, 0.2) is 23.9 Å². The smallest absolute Gasteiger partial charge is 0.311 e. The number of rotatable bonds is 7. The number of carbonyl (C=O) groups is 2. The van der Waals surface area contributed by atoms with Crippen molar-refractivity contribution in [3.8, 4) is 17.2 Å². The van der Waals surface area contributed by atoms with Crippen LogP contribution in [0.25, 0.3) is 0 Å². The number of hydrogen-bond donors (Lipinski definition) is 0. The standard InChI is InChI=1S/C20H20N2O7/c1-27-18-8-14-5-6-21(10-15(14)9-19(18)28-2)20(24)12-29-17-4-3-13(11-23)7-16(17)22(25)26/h3-4,7-9,11H,5-6,10,12H2,1-2H3. The molecule has 1 amide bonds. The summed E-state index contributed by atoms with van der Waals surface area (Å²) in [6.45, 7) is 0.533. The zero-order chi connectivity index (χ0) is 21.0. The molecule has 0 radical (unpaired) electrons. The van der Waals surface area contributed by atoms with E-state index in [0.29, 0.717) is 37.3 Å². The molecule has 1 aliphatic rings. The second-order valence-electron chi connectivity index (χ2n) is 6.43. The highest BCUT2D eigenvalue weighted by molar-refractivity contribution is 5.79. The van der Waals surface area contributed by atoms with Gasteiger partial charge in [0.2, 0.25) is 0 Å². The van der Waals surface area contributed by atoms with Crippen molar-refractivity contribution in [3.63, 3.8) is 0 Å². The summed E-state index contributed by atoms with van der Waals surface area (Å²) < 4.78 is 16.0. The summed E-state index contributed by atoms with van der Waals surface area (Å²) in [5.41, 5.74) is 1.83. The lowest BCUT2D eigenvalue weighted by molar-refractivity contribution is -0.385. The zero-order valence-corrected chi connectivity index (χ0v) is 16.0. The van der Waals surface area contributed by atoms with Crippen molar-refractivity contribution in [1.82, 2.24) is 4.90 Å². The fraction of sp³-hybridized carbons (Fsp3) is 0.300. The molecule has 0 saturated carbocycles. The average Bonchev–Trinajstić information content (AvgIpc) is 2.75. The summed E-state index contributed by atoms with van der Waals surface area (Å²) in [7, 11) is 3.12. The molecule has 0 atom stereocenters. The molecular formula is C20H20N2O7. The molecule has 1 aliphatic heterocycles. The van der Waals surface area contributed by atoms with Gasteiger partial charge >= 0.3 is 5.69 Å². The van der Waals surface area contributed by atoms with E-state index in [0.717, 1.165) is 17.2 Å². The van der Waals surface area contributed by atoms with Gasteiger partial charge in [0.25, 0.3) is 5.91 Å². The van der Waals surface area contributed by atoms with Crippen LogP contribution >= 0.6 is 0 Å². The number of nitrogens with zero attached hydrogens (tertiary/aromatic N) is 2. The second-order valence-corrected chi connectivity index (χ2v) is 6.43. The largest absolute Gasteiger partial charge is 0.493 e. The lowest BCUT2D eigenvalue weighted by atomic mass is 9.99. The maximum absolute atomic E-state index is 12.6. The zero-order valence-electron chi connectivity index (χ0n) is 16.0. The topological polar surface area (TPSA) is 108 Å². The normalized spacial score (nSPS) is 12.7. The Morgan fingerprint density at radius 1 is 1.14 bits per heavy atom. The first-order valence-corrected chi connectivity index (χ1v) is 8.84. The van der Waals surface area contributed by atoms with E-state index in [-0.39, 0.29) is 29.5 Å². The second kappa shape index (κ2) is 8.59. The summed E-state index contributed by atoms with van der Waals surface area (Å²) in [5, 5.41) is 11.2. The number of nitro groups is 1. The van der Waals surface area contributed by atoms with Crippen molar-refractivity contribution in [2.45, 2.75) is 13.0 Å². The average molecular weight is 400 g/mol. The Bertz CT molecular complexity index is 958. The lowest BCUT2D eigenvalue weighted by Gasteiger charge is -2.29. The van der Waals surface area contributed by atoms with E-state index in [1.165, 1.54) is 12.1 Å². The van der Waals surface area contributed by atoms with Crippen molar-refractivity contribution in [2.75, 3.05) is 27.4 Å². The van der Waals surface area contributed by atoms with Gasteiger partial charge in [-0.3, -0.25) is 19.7 Å². The number of ether oxygens (including phenoxy) is 3. The summed E-state index contributed by atoms with van der Waals surface area (Å²) in [6.07, 6.45) is 1.16. The van der Waals surface area contributed by atoms with Crippen molar-refractivity contribution in [3.05, 3.63) is 57.1 Å². The summed E-state index contributed by atoms with van der Waals surface area (Å²) >= 11 is 0. The first-order chi connectivity index (χ1) is 14.0. The monoisotopic (exact) mass is 400 g/mol. The molecule has 152 valence electrons. The van der Waals surface area contributed by atoms with Crippen molar-refractivity contribution < 1.29 is 28.7 Å². The van der Waals surface area contributed by atoms with Gasteiger partial charge in [-0.05, 0) is 41.8 Å². The third kappa shape index (κ3) is 4.29. The first kappa shape index (κ1) is 20.1. The molecule has 9 nitrogen and oxygen atoms in total. The van der Waals surface area contributed by atoms with Crippen LogP contribution < -0.4 is 14.2 Å². The van der Waals surface area contributed by atoms with E-state index in [1.54, 1.807) is 19.1 Å². The molecule has 0 aromatic heterocycles. The fourth-order valence-corrected chi connectivity index (χ4v) is 3.20. The van der Waals surface area contributed by atoms with E-state index in [9.17, 15) is 19.7 Å². The van der Waals surface area contributed by atoms with Gasteiger partial charge in [-0.2, -0.15) is 0 Å². The van der Waals surface area contributed by atoms with Crippen LogP contribution in [0.15, 0.2) is 30.3 Å². The Labute approximate surface area is 166 Å². The molecule has 0 aliphatic carbocycles. The van der Waals surface area contributed by atoms with Crippen molar-refractivity contribution >= 4 is 17.9 Å². The minimum Gasteiger partial charge on any atom is -0.493 e. The van der Waals surface area contributed by atoms with E-state index >= 15 is 0 Å². The predicted molar refractivity (Wildman–Crippen MR) is 103 cm³/mol. The van der Waals surface area contributed by atoms with Crippen molar-refractivity contribution in [2.24, 2.45) is 0 Å². The first-order valence-electron chi connectivity index (χ1n) is 8.84. The number of hydrogen-bond acceptors (Lipinski definition) is 7. The molecule has 0 N–H and O–H groups in total. The highest BCUT2D eigenvalue weighted by atomic mass is 16.6. The predicted octanol–water partition coefficient (Wildman–Crippen LogP) is 2.39. The molecule has 0 spiro atoms. The number of carbonyl (C=O) groups excluding carboxylic acids is 2. The van der Waals surface area contributed by atoms with Crippen LogP contribution in [0.5, 0.6) is 17.2 Å². The van der Waals surface area contributed by atoms with E-state index in [2.05, 4.69) is 0 Å². The number of methoxy groups -OCH3 is 2. The molecule has 3 rings (SSSR count). The van der Waals surface area contributed by atoms with Gasteiger partial charge in [0.05, 0.1) is 19.1 Å². The SMILES string of the molecule is COc1cc2c(cc1OC)CN(C(=O)COc1ccc(C=O)cc1[N+](=O)[O-])CC2. The minimum absolute atomic E-state index is 0.0576. The molecule has 0 bridgehead atoms. The fourth-order valence-electron chi connectivity index (χ4n) is 3.20. The molecule has 1 heterocycles.